The highest BCUT2D eigenvalue weighted by Gasteiger charge is 2.72. The number of ether oxygens (including phenoxy) is 3. The van der Waals surface area contributed by atoms with Gasteiger partial charge in [0.15, 0.2) is 29.8 Å². The van der Waals surface area contributed by atoms with Crippen LogP contribution >= 0.6 is 12.4 Å². The van der Waals surface area contributed by atoms with Crippen LogP contribution in [-0.4, -0.2) is 86.8 Å². The molecule has 2 aliphatic heterocycles. The predicted octanol–water partition coefficient (Wildman–Crippen LogP) is 0.402. The molecule has 11 nitrogen and oxygen atoms in total. The molecule has 1 fully saturated rings. The molecule has 0 saturated carbocycles. The van der Waals surface area contributed by atoms with Gasteiger partial charge in [0.05, 0.1) is 17.4 Å². The molecule has 1 aromatic rings. The van der Waals surface area contributed by atoms with Gasteiger partial charge in [-0.15, -0.1) is 12.4 Å². The minimum Gasteiger partial charge on any atom is -0.504 e. The number of aliphatic hydroxyl groups is 2. The van der Waals surface area contributed by atoms with E-state index in [4.69, 9.17) is 19.3 Å². The largest absolute Gasteiger partial charge is 0.504 e. The number of carbonyl (C=O) groups excluding carboxylic acids is 2. The molecule has 2 heterocycles. The second-order valence-corrected chi connectivity index (χ2v) is 9.71. The molecule has 0 amide bonds. The topological polar surface area (TPSA) is 163 Å². The van der Waals surface area contributed by atoms with E-state index < -0.39 is 53.7 Å². The fourth-order valence-electron chi connectivity index (χ4n) is 6.18. The van der Waals surface area contributed by atoms with Crippen molar-refractivity contribution in [3.63, 3.8) is 0 Å². The van der Waals surface area contributed by atoms with Crippen LogP contribution < -0.4 is 4.74 Å². The first kappa shape index (κ1) is 26.2. The lowest BCUT2D eigenvalue weighted by Crippen LogP contribution is -2.74. The third-order valence-electron chi connectivity index (χ3n) is 7.86. The number of nitrogens with zero attached hydrogens (tertiary/aromatic N) is 1. The Morgan fingerprint density at radius 3 is 2.72 bits per heavy atom. The van der Waals surface area contributed by atoms with Crippen LogP contribution in [0.4, 0.5) is 0 Å². The summed E-state index contributed by atoms with van der Waals surface area (Å²) >= 11 is 0. The van der Waals surface area contributed by atoms with Crippen molar-refractivity contribution >= 4 is 30.3 Å². The number of likely N-dealkylation sites (tertiary alicyclic amines) is 1. The predicted molar refractivity (Wildman–Crippen MR) is 124 cm³/mol. The number of aliphatic carboxylic acids is 1. The number of phenolic OH excluding ortho intramolecular Hbond substituents is 1. The van der Waals surface area contributed by atoms with Crippen LogP contribution in [0.25, 0.3) is 0 Å². The van der Waals surface area contributed by atoms with Gasteiger partial charge in [0.2, 0.25) is 0 Å². The van der Waals surface area contributed by atoms with Crippen molar-refractivity contribution in [3.05, 3.63) is 35.1 Å². The molecule has 12 heteroatoms. The summed E-state index contributed by atoms with van der Waals surface area (Å²) < 4.78 is 16.7. The quantitative estimate of drug-likeness (QED) is 0.380. The van der Waals surface area contributed by atoms with E-state index in [1.807, 2.05) is 13.1 Å². The zero-order valence-corrected chi connectivity index (χ0v) is 20.5. The SMILES string of the molecule is C[C@H](OC(=O)C[C@H](O)C(=O)O)C(=O)OC1=CC[C@@]2(O)[C@H]3Cc4ccc(O)c5c4[C@@]2(CCN3C)[C@H]1O5.Cl. The van der Waals surface area contributed by atoms with E-state index >= 15 is 0 Å². The van der Waals surface area contributed by atoms with Gasteiger partial charge in [-0.25, -0.2) is 9.59 Å². The van der Waals surface area contributed by atoms with Crippen molar-refractivity contribution in [2.75, 3.05) is 13.6 Å². The third-order valence-corrected chi connectivity index (χ3v) is 7.86. The number of carboxylic acids is 1. The van der Waals surface area contributed by atoms with Gasteiger partial charge in [-0.3, -0.25) is 4.79 Å². The highest BCUT2D eigenvalue weighted by molar-refractivity contribution is 5.85. The van der Waals surface area contributed by atoms with Crippen LogP contribution in [0.15, 0.2) is 24.0 Å². The van der Waals surface area contributed by atoms with E-state index in [2.05, 4.69) is 4.90 Å². The van der Waals surface area contributed by atoms with Crippen molar-refractivity contribution in [1.82, 2.24) is 4.90 Å². The number of halogens is 1. The summed E-state index contributed by atoms with van der Waals surface area (Å²) in [5.41, 5.74) is -0.425. The zero-order valence-electron chi connectivity index (χ0n) is 19.7. The van der Waals surface area contributed by atoms with Crippen LogP contribution in [0.3, 0.4) is 0 Å². The van der Waals surface area contributed by atoms with Crippen LogP contribution in [0.1, 0.15) is 37.3 Å². The number of piperidine rings is 1. The lowest BCUT2D eigenvalue weighted by atomic mass is 9.50. The molecule has 0 aromatic heterocycles. The normalized spacial score (nSPS) is 31.1. The maximum Gasteiger partial charge on any atom is 0.352 e. The van der Waals surface area contributed by atoms with E-state index in [1.54, 1.807) is 12.1 Å². The van der Waals surface area contributed by atoms with Gasteiger partial charge in [-0.05, 0) is 51.1 Å². The number of carboxylic acid groups (broad SMARTS) is 1. The summed E-state index contributed by atoms with van der Waals surface area (Å²) in [5, 5.41) is 40.6. The van der Waals surface area contributed by atoms with Crippen LogP contribution in [-0.2, 0) is 35.7 Å². The molecule has 4 N–H and O–H groups in total. The lowest BCUT2D eigenvalue weighted by molar-refractivity contribution is -0.176. The summed E-state index contributed by atoms with van der Waals surface area (Å²) in [6, 6.07) is 3.20. The van der Waals surface area contributed by atoms with Crippen molar-refractivity contribution in [2.45, 2.75) is 68.0 Å². The Kier molecular flexibility index (Phi) is 6.49. The summed E-state index contributed by atoms with van der Waals surface area (Å²) in [4.78, 5) is 37.5. The van der Waals surface area contributed by atoms with E-state index in [1.165, 1.54) is 6.92 Å². The first-order valence-electron chi connectivity index (χ1n) is 11.5. The fourth-order valence-corrected chi connectivity index (χ4v) is 6.18. The number of aliphatic hydroxyl groups excluding tert-OH is 1. The van der Waals surface area contributed by atoms with Gasteiger partial charge in [0, 0.05) is 18.0 Å². The highest BCUT2D eigenvalue weighted by atomic mass is 35.5. The Balaban J connectivity index is 0.00000304. The number of carbonyl (C=O) groups is 3. The van der Waals surface area contributed by atoms with Gasteiger partial charge in [-0.2, -0.15) is 0 Å². The molecule has 36 heavy (non-hydrogen) atoms. The Morgan fingerprint density at radius 2 is 2.03 bits per heavy atom. The molecular weight excluding hydrogens is 498 g/mol. The molecule has 0 unspecified atom stereocenters. The number of rotatable bonds is 6. The first-order chi connectivity index (χ1) is 16.5. The lowest BCUT2D eigenvalue weighted by Gasteiger charge is -2.61. The van der Waals surface area contributed by atoms with E-state index in [9.17, 15) is 29.7 Å². The molecule has 5 rings (SSSR count). The van der Waals surface area contributed by atoms with Crippen LogP contribution in [0.2, 0.25) is 0 Å². The fraction of sp³-hybridized carbons (Fsp3) is 0.542. The van der Waals surface area contributed by atoms with E-state index in [0.717, 1.165) is 11.1 Å². The maximum atomic E-state index is 12.8. The minimum absolute atomic E-state index is 0. The summed E-state index contributed by atoms with van der Waals surface area (Å²) in [7, 11) is 1.96. The van der Waals surface area contributed by atoms with Crippen LogP contribution in [0, 0.1) is 0 Å². The zero-order chi connectivity index (χ0) is 25.3. The number of phenols is 1. The summed E-state index contributed by atoms with van der Waals surface area (Å²) in [6.45, 7) is 1.94. The molecule has 1 saturated heterocycles. The average molecular weight is 526 g/mol. The number of hydrogen-bond acceptors (Lipinski definition) is 10. The molecule has 2 bridgehead atoms. The van der Waals surface area contributed by atoms with Gasteiger partial charge < -0.3 is 39.5 Å². The van der Waals surface area contributed by atoms with Gasteiger partial charge >= 0.3 is 17.9 Å². The Hall–Kier alpha value is -2.86. The van der Waals surface area contributed by atoms with Gasteiger partial charge in [0.1, 0.15) is 5.76 Å². The molecule has 0 radical (unpaired) electrons. The van der Waals surface area contributed by atoms with E-state index in [0.29, 0.717) is 19.4 Å². The van der Waals surface area contributed by atoms with Crippen LogP contribution in [0.5, 0.6) is 11.5 Å². The molecule has 6 atom stereocenters. The van der Waals surface area contributed by atoms with Gasteiger partial charge in [0.25, 0.3) is 0 Å². The molecule has 196 valence electrons. The first-order valence-corrected chi connectivity index (χ1v) is 11.5. The summed E-state index contributed by atoms with van der Waals surface area (Å²) in [5.74, 6) is -3.20. The second kappa shape index (κ2) is 8.91. The van der Waals surface area contributed by atoms with Crippen molar-refractivity contribution in [2.24, 2.45) is 0 Å². The van der Waals surface area contributed by atoms with Crippen molar-refractivity contribution in [1.29, 1.82) is 0 Å². The highest BCUT2D eigenvalue weighted by Crippen LogP contribution is 2.65. The number of esters is 2. The third kappa shape index (κ3) is 3.56. The van der Waals surface area contributed by atoms with Crippen molar-refractivity contribution in [3.8, 4) is 11.5 Å². The molecule has 4 aliphatic rings. The minimum atomic E-state index is -1.94. The smallest absolute Gasteiger partial charge is 0.352 e. The Labute approximate surface area is 212 Å². The monoisotopic (exact) mass is 525 g/mol. The molecule has 1 aromatic carbocycles. The molecule has 2 aliphatic carbocycles. The molecular formula is C24H28ClNO10. The Bertz CT molecular complexity index is 1150. The van der Waals surface area contributed by atoms with E-state index in [-0.39, 0.29) is 42.1 Å². The van der Waals surface area contributed by atoms with Crippen molar-refractivity contribution < 1.29 is 49.0 Å². The average Bonchev–Trinajstić information content (AvgIpc) is 3.15. The standard InChI is InChI=1S/C24H27NO10.ClH/c1-11(33-17(28)10-14(27)21(29)30)22(31)34-15-5-6-24(32)16-9-12-3-4-13(26)19-18(12)23(24,20(15)35-19)7-8-25(16)2;/h3-5,11,14,16,20,26-27,32H,6-10H2,1-2H3,(H,29,30);1H/t11-,14-,16+,20-,23-,24+;/m0./s1. The number of hydrogen-bond donors (Lipinski definition) is 4. The maximum absolute atomic E-state index is 12.8. The second-order valence-electron chi connectivity index (χ2n) is 9.71. The number of likely N-dealkylation sites (N-methyl/N-ethyl adjacent to an activating group) is 1. The molecule has 1 spiro atoms. The number of aromatic hydroxyl groups is 1. The number of benzene rings is 1. The summed E-state index contributed by atoms with van der Waals surface area (Å²) in [6.07, 6.45) is -2.12. The van der Waals surface area contributed by atoms with Gasteiger partial charge in [-0.1, -0.05) is 6.07 Å². The Morgan fingerprint density at radius 1 is 1.31 bits per heavy atom.